The zero-order valence-corrected chi connectivity index (χ0v) is 12.2. The van der Waals surface area contributed by atoms with Crippen LogP contribution in [0.15, 0.2) is 34.9 Å². The first-order valence-electron chi connectivity index (χ1n) is 7.17. The number of nitrogens with one attached hydrogen (secondary N) is 1. The lowest BCUT2D eigenvalue weighted by atomic mass is 10.1. The van der Waals surface area contributed by atoms with E-state index >= 15 is 0 Å². The molecule has 0 fully saturated rings. The van der Waals surface area contributed by atoms with Crippen LogP contribution in [0.5, 0.6) is 5.75 Å². The molecule has 0 aliphatic heterocycles. The van der Waals surface area contributed by atoms with Crippen molar-refractivity contribution in [1.29, 1.82) is 0 Å². The SMILES string of the molecule is CCCCCOc1ccccc1-c1cc(CNC)no1. The zero-order valence-electron chi connectivity index (χ0n) is 12.2. The molecule has 0 bridgehead atoms. The van der Waals surface area contributed by atoms with E-state index in [0.717, 1.165) is 35.8 Å². The number of rotatable bonds is 8. The fourth-order valence-electron chi connectivity index (χ4n) is 2.03. The van der Waals surface area contributed by atoms with Gasteiger partial charge in [0.15, 0.2) is 5.76 Å². The maximum absolute atomic E-state index is 5.86. The molecule has 0 unspecified atom stereocenters. The van der Waals surface area contributed by atoms with Crippen LogP contribution in [0, 0.1) is 0 Å². The molecule has 1 aromatic heterocycles. The third-order valence-corrected chi connectivity index (χ3v) is 3.07. The molecule has 0 spiro atoms. The number of aromatic nitrogens is 1. The van der Waals surface area contributed by atoms with Crippen molar-refractivity contribution in [2.45, 2.75) is 32.7 Å². The van der Waals surface area contributed by atoms with Gasteiger partial charge in [-0.3, -0.25) is 0 Å². The van der Waals surface area contributed by atoms with Crippen LogP contribution < -0.4 is 10.1 Å². The summed E-state index contributed by atoms with van der Waals surface area (Å²) in [5.74, 6) is 1.61. The second-order valence-electron chi connectivity index (χ2n) is 4.76. The highest BCUT2D eigenvalue weighted by molar-refractivity contribution is 5.65. The van der Waals surface area contributed by atoms with Gasteiger partial charge in [-0.15, -0.1) is 0 Å². The van der Waals surface area contributed by atoms with Gasteiger partial charge in [-0.2, -0.15) is 0 Å². The van der Waals surface area contributed by atoms with Crippen LogP contribution in [0.4, 0.5) is 0 Å². The minimum absolute atomic E-state index is 0.697. The largest absolute Gasteiger partial charge is 0.493 e. The molecule has 2 rings (SSSR count). The van der Waals surface area contributed by atoms with Crippen molar-refractivity contribution in [2.24, 2.45) is 0 Å². The first kappa shape index (κ1) is 14.6. The van der Waals surface area contributed by atoms with Gasteiger partial charge in [0, 0.05) is 12.6 Å². The summed E-state index contributed by atoms with van der Waals surface area (Å²) in [6, 6.07) is 9.88. The molecule has 1 heterocycles. The molecule has 1 N–H and O–H groups in total. The van der Waals surface area contributed by atoms with Gasteiger partial charge in [0.1, 0.15) is 5.75 Å². The van der Waals surface area contributed by atoms with Crippen molar-refractivity contribution in [3.05, 3.63) is 36.0 Å². The normalized spacial score (nSPS) is 10.7. The highest BCUT2D eigenvalue weighted by atomic mass is 16.5. The van der Waals surface area contributed by atoms with Crippen LogP contribution in [0.1, 0.15) is 31.9 Å². The van der Waals surface area contributed by atoms with Crippen molar-refractivity contribution in [3.8, 4) is 17.1 Å². The summed E-state index contributed by atoms with van der Waals surface area (Å²) in [5.41, 5.74) is 1.85. The van der Waals surface area contributed by atoms with Gasteiger partial charge < -0.3 is 14.6 Å². The topological polar surface area (TPSA) is 47.3 Å². The Morgan fingerprint density at radius 1 is 1.25 bits per heavy atom. The molecule has 0 aliphatic rings. The van der Waals surface area contributed by atoms with E-state index in [1.807, 2.05) is 37.4 Å². The Kier molecular flexibility index (Phi) is 5.62. The molecule has 2 aromatic rings. The van der Waals surface area contributed by atoms with Crippen molar-refractivity contribution in [3.63, 3.8) is 0 Å². The van der Waals surface area contributed by atoms with E-state index < -0.39 is 0 Å². The lowest BCUT2D eigenvalue weighted by Gasteiger charge is -2.09. The third-order valence-electron chi connectivity index (χ3n) is 3.07. The van der Waals surface area contributed by atoms with Crippen LogP contribution in [0.3, 0.4) is 0 Å². The second kappa shape index (κ2) is 7.70. The number of hydrogen-bond acceptors (Lipinski definition) is 4. The maximum Gasteiger partial charge on any atom is 0.170 e. The van der Waals surface area contributed by atoms with Crippen molar-refractivity contribution in [2.75, 3.05) is 13.7 Å². The van der Waals surface area contributed by atoms with E-state index in [1.54, 1.807) is 0 Å². The van der Waals surface area contributed by atoms with Gasteiger partial charge in [-0.05, 0) is 25.6 Å². The van der Waals surface area contributed by atoms with Crippen LogP contribution in [0.25, 0.3) is 11.3 Å². The number of unbranched alkanes of at least 4 members (excludes halogenated alkanes) is 2. The molecule has 0 radical (unpaired) electrons. The van der Waals surface area contributed by atoms with E-state index in [2.05, 4.69) is 17.4 Å². The Balaban J connectivity index is 2.09. The second-order valence-corrected chi connectivity index (χ2v) is 4.76. The summed E-state index contributed by atoms with van der Waals surface area (Å²) in [5, 5.41) is 7.10. The van der Waals surface area contributed by atoms with Gasteiger partial charge in [0.05, 0.1) is 17.9 Å². The molecular weight excluding hydrogens is 252 g/mol. The Bertz CT molecular complexity index is 523. The molecule has 0 aliphatic carbocycles. The van der Waals surface area contributed by atoms with Crippen LogP contribution in [-0.2, 0) is 6.54 Å². The van der Waals surface area contributed by atoms with Crippen LogP contribution in [-0.4, -0.2) is 18.8 Å². The standard InChI is InChI=1S/C16H22N2O2/c1-3-4-7-10-19-15-9-6-5-8-14(15)16-11-13(12-17-2)18-20-16/h5-6,8-9,11,17H,3-4,7,10,12H2,1-2H3. The Morgan fingerprint density at radius 2 is 2.10 bits per heavy atom. The molecule has 0 saturated carbocycles. The Hall–Kier alpha value is -1.81. The number of benzene rings is 1. The summed E-state index contributed by atoms with van der Waals surface area (Å²) in [6.07, 6.45) is 3.46. The summed E-state index contributed by atoms with van der Waals surface area (Å²) in [4.78, 5) is 0. The van der Waals surface area contributed by atoms with Gasteiger partial charge >= 0.3 is 0 Å². The maximum atomic E-state index is 5.86. The average Bonchev–Trinajstić information content (AvgIpc) is 2.93. The zero-order chi connectivity index (χ0) is 14.2. The van der Waals surface area contributed by atoms with E-state index in [0.29, 0.717) is 6.54 Å². The quantitative estimate of drug-likeness (QED) is 0.747. The first-order valence-corrected chi connectivity index (χ1v) is 7.17. The number of nitrogens with zero attached hydrogens (tertiary/aromatic N) is 1. The summed E-state index contributed by atoms with van der Waals surface area (Å²) < 4.78 is 11.3. The minimum atomic E-state index is 0.697. The number of para-hydroxylation sites is 1. The highest BCUT2D eigenvalue weighted by Crippen LogP contribution is 2.30. The molecule has 4 nitrogen and oxygen atoms in total. The van der Waals surface area contributed by atoms with E-state index in [1.165, 1.54) is 12.8 Å². The minimum Gasteiger partial charge on any atom is -0.493 e. The molecule has 0 saturated heterocycles. The van der Waals surface area contributed by atoms with Crippen LogP contribution >= 0.6 is 0 Å². The molecular formula is C16H22N2O2. The Labute approximate surface area is 120 Å². The van der Waals surface area contributed by atoms with Crippen molar-refractivity contribution in [1.82, 2.24) is 10.5 Å². The lowest BCUT2D eigenvalue weighted by Crippen LogP contribution is -2.04. The predicted molar refractivity (Wildman–Crippen MR) is 79.7 cm³/mol. The van der Waals surface area contributed by atoms with E-state index in [9.17, 15) is 0 Å². The summed E-state index contributed by atoms with van der Waals surface area (Å²) in [7, 11) is 1.89. The highest BCUT2D eigenvalue weighted by Gasteiger charge is 2.11. The lowest BCUT2D eigenvalue weighted by molar-refractivity contribution is 0.306. The number of ether oxygens (including phenoxy) is 1. The van der Waals surface area contributed by atoms with Crippen molar-refractivity contribution < 1.29 is 9.26 Å². The monoisotopic (exact) mass is 274 g/mol. The number of hydrogen-bond donors (Lipinski definition) is 1. The molecule has 108 valence electrons. The molecule has 0 amide bonds. The smallest absolute Gasteiger partial charge is 0.170 e. The molecule has 1 aromatic carbocycles. The van der Waals surface area contributed by atoms with Gasteiger partial charge in [-0.1, -0.05) is 37.1 Å². The summed E-state index contributed by atoms with van der Waals surface area (Å²) in [6.45, 7) is 3.62. The van der Waals surface area contributed by atoms with Gasteiger partial charge in [0.25, 0.3) is 0 Å². The molecule has 0 atom stereocenters. The average molecular weight is 274 g/mol. The predicted octanol–water partition coefficient (Wildman–Crippen LogP) is 3.63. The molecule has 20 heavy (non-hydrogen) atoms. The van der Waals surface area contributed by atoms with Crippen molar-refractivity contribution >= 4 is 0 Å². The Morgan fingerprint density at radius 3 is 2.90 bits per heavy atom. The summed E-state index contributed by atoms with van der Waals surface area (Å²) >= 11 is 0. The van der Waals surface area contributed by atoms with Gasteiger partial charge in [0.2, 0.25) is 0 Å². The molecule has 4 heteroatoms. The third kappa shape index (κ3) is 3.84. The van der Waals surface area contributed by atoms with E-state index in [-0.39, 0.29) is 0 Å². The fraction of sp³-hybridized carbons (Fsp3) is 0.438. The van der Waals surface area contributed by atoms with Gasteiger partial charge in [-0.25, -0.2) is 0 Å². The fourth-order valence-corrected chi connectivity index (χ4v) is 2.03. The van der Waals surface area contributed by atoms with E-state index in [4.69, 9.17) is 9.26 Å². The van der Waals surface area contributed by atoms with Crippen LogP contribution in [0.2, 0.25) is 0 Å². The first-order chi connectivity index (χ1) is 9.85.